The third-order valence-corrected chi connectivity index (χ3v) is 6.45. The van der Waals surface area contributed by atoms with Crippen molar-refractivity contribution >= 4 is 35.8 Å². The van der Waals surface area contributed by atoms with E-state index in [1.807, 2.05) is 31.3 Å². The number of aryl methyl sites for hydroxylation is 1. The Kier molecular flexibility index (Phi) is 11.2. The molecule has 3 N–H and O–H groups in total. The van der Waals surface area contributed by atoms with Gasteiger partial charge in [0, 0.05) is 34.9 Å². The van der Waals surface area contributed by atoms with E-state index in [2.05, 4.69) is 43.4 Å². The molecule has 38 heavy (non-hydrogen) atoms. The molecule has 206 valence electrons. The zero-order chi connectivity index (χ0) is 27.5. The highest BCUT2D eigenvalue weighted by Gasteiger charge is 2.27. The lowest BCUT2D eigenvalue weighted by molar-refractivity contribution is -0.136. The molecule has 2 aromatic carbocycles. The van der Waals surface area contributed by atoms with Gasteiger partial charge in [-0.15, -0.1) is 12.6 Å². The zero-order valence-electron chi connectivity index (χ0n) is 21.5. The Bertz CT molecular complexity index is 1140. The fraction of sp³-hybridized carbons (Fsp3) is 0.407. The summed E-state index contributed by atoms with van der Waals surface area (Å²) in [5.74, 6) is 0.778. The summed E-state index contributed by atoms with van der Waals surface area (Å²) >= 11 is 4.25. The number of aromatic nitrogens is 2. The summed E-state index contributed by atoms with van der Waals surface area (Å²) in [6.07, 6.45) is -0.698. The van der Waals surface area contributed by atoms with Gasteiger partial charge in [0.25, 0.3) is 0 Å². The number of hydrogen-bond acceptors (Lipinski definition) is 7. The Morgan fingerprint density at radius 3 is 2.32 bits per heavy atom. The molecule has 2 heterocycles. The van der Waals surface area contributed by atoms with Crippen LogP contribution in [0.3, 0.4) is 0 Å². The second kappa shape index (κ2) is 14.3. The van der Waals surface area contributed by atoms with Crippen LogP contribution in [0.4, 0.5) is 40.7 Å². The number of hydrogen-bond donors (Lipinski definition) is 4. The van der Waals surface area contributed by atoms with Gasteiger partial charge in [0.05, 0.1) is 0 Å². The van der Waals surface area contributed by atoms with Gasteiger partial charge in [0.2, 0.25) is 5.95 Å². The van der Waals surface area contributed by atoms with Gasteiger partial charge >= 0.3 is 6.18 Å². The van der Waals surface area contributed by atoms with Gasteiger partial charge in [0.15, 0.2) is 0 Å². The van der Waals surface area contributed by atoms with E-state index >= 15 is 0 Å². The number of nitrogens with zero attached hydrogens (tertiary/aromatic N) is 3. The van der Waals surface area contributed by atoms with Crippen molar-refractivity contribution in [2.24, 2.45) is 0 Å². The summed E-state index contributed by atoms with van der Waals surface area (Å²) in [5, 5.41) is 9.37. The topological polar surface area (TPSA) is 65.1 Å². The Hall–Kier alpha value is -2.89. The molecule has 11 heteroatoms. The van der Waals surface area contributed by atoms with Crippen molar-refractivity contribution in [3.63, 3.8) is 0 Å². The molecular formula is C27H34F4N6S. The third-order valence-electron chi connectivity index (χ3n) is 6.15. The lowest BCUT2D eigenvalue weighted by Crippen LogP contribution is -2.41. The number of anilines is 4. The predicted molar refractivity (Wildman–Crippen MR) is 147 cm³/mol. The summed E-state index contributed by atoms with van der Waals surface area (Å²) in [6.45, 7) is 4.14. The number of rotatable bonds is 8. The summed E-state index contributed by atoms with van der Waals surface area (Å²) in [4.78, 5) is 11.5. The van der Waals surface area contributed by atoms with E-state index in [0.29, 0.717) is 35.6 Å². The fourth-order valence-electron chi connectivity index (χ4n) is 3.93. The fourth-order valence-corrected chi connectivity index (χ4v) is 4.08. The molecule has 1 aliphatic rings. The lowest BCUT2D eigenvalue weighted by atomic mass is 10.1. The van der Waals surface area contributed by atoms with E-state index in [1.165, 1.54) is 6.07 Å². The second-order valence-corrected chi connectivity index (χ2v) is 9.67. The van der Waals surface area contributed by atoms with Gasteiger partial charge in [-0.2, -0.15) is 18.2 Å². The van der Waals surface area contributed by atoms with Crippen molar-refractivity contribution in [2.75, 3.05) is 37.3 Å². The smallest absolute Gasteiger partial charge is 0.340 e. The summed E-state index contributed by atoms with van der Waals surface area (Å²) < 4.78 is 49.3. The molecule has 4 rings (SSSR count). The van der Waals surface area contributed by atoms with Crippen LogP contribution in [-0.2, 0) is 0 Å². The number of benzene rings is 2. The minimum absolute atomic E-state index is 0.230. The zero-order valence-corrected chi connectivity index (χ0v) is 22.4. The number of halogens is 4. The number of piperidine rings is 1. The molecule has 6 nitrogen and oxygen atoms in total. The van der Waals surface area contributed by atoms with Crippen LogP contribution in [0.15, 0.2) is 59.6 Å². The minimum Gasteiger partial charge on any atom is -0.340 e. The average molecular weight is 551 g/mol. The number of thiol groups is 1. The van der Waals surface area contributed by atoms with Crippen molar-refractivity contribution < 1.29 is 17.6 Å². The van der Waals surface area contributed by atoms with Crippen molar-refractivity contribution in [1.82, 2.24) is 20.2 Å². The molecule has 0 aliphatic carbocycles. The summed E-state index contributed by atoms with van der Waals surface area (Å²) in [7, 11) is 1.93. The quantitative estimate of drug-likeness (QED) is 0.185. The molecule has 3 aromatic rings. The normalized spacial score (nSPS) is 14.5. The molecule has 1 aromatic heterocycles. The molecule has 0 bridgehead atoms. The van der Waals surface area contributed by atoms with Crippen molar-refractivity contribution in [2.45, 2.75) is 49.7 Å². The molecule has 0 radical (unpaired) electrons. The molecule has 0 atom stereocenters. The molecular weight excluding hydrogens is 516 g/mol. The highest BCUT2D eigenvalue weighted by Crippen LogP contribution is 2.22. The van der Waals surface area contributed by atoms with Crippen molar-refractivity contribution in [1.29, 1.82) is 0 Å². The van der Waals surface area contributed by atoms with Crippen molar-refractivity contribution in [3.05, 3.63) is 66.1 Å². The van der Waals surface area contributed by atoms with Crippen LogP contribution in [0, 0.1) is 12.7 Å². The van der Waals surface area contributed by atoms with Gasteiger partial charge in [-0.05, 0) is 101 Å². The first kappa shape index (κ1) is 29.7. The van der Waals surface area contributed by atoms with Crippen LogP contribution >= 0.6 is 12.6 Å². The number of nitrogens with one attached hydrogen (secondary N) is 3. The van der Waals surface area contributed by atoms with E-state index in [0.717, 1.165) is 36.5 Å². The van der Waals surface area contributed by atoms with Gasteiger partial charge in [-0.1, -0.05) is 6.07 Å². The Balaban J connectivity index is 0.000000232. The number of likely N-dealkylation sites (tertiary alicyclic amines) is 1. The van der Waals surface area contributed by atoms with Gasteiger partial charge in [-0.25, -0.2) is 9.37 Å². The molecule has 0 saturated carbocycles. The average Bonchev–Trinajstić information content (AvgIpc) is 2.88. The number of alkyl halides is 3. The molecule has 1 fully saturated rings. The first-order valence-electron chi connectivity index (χ1n) is 12.5. The summed E-state index contributed by atoms with van der Waals surface area (Å²) in [5.41, 5.74) is 2.10. The van der Waals surface area contributed by atoms with E-state index in [4.69, 9.17) is 0 Å². The first-order chi connectivity index (χ1) is 18.1. The first-order valence-corrected chi connectivity index (χ1v) is 12.9. The van der Waals surface area contributed by atoms with Gasteiger partial charge < -0.3 is 20.9 Å². The van der Waals surface area contributed by atoms with Gasteiger partial charge in [-0.3, -0.25) is 0 Å². The van der Waals surface area contributed by atoms with E-state index in [1.54, 1.807) is 31.3 Å². The lowest BCUT2D eigenvalue weighted by Gasteiger charge is -2.31. The molecule has 1 saturated heterocycles. The Labute approximate surface area is 226 Å². The minimum atomic E-state index is -4.00. The maximum atomic E-state index is 13.6. The summed E-state index contributed by atoms with van der Waals surface area (Å²) in [6, 6.07) is 14.8. The third kappa shape index (κ3) is 10.5. The highest BCUT2D eigenvalue weighted by molar-refractivity contribution is 7.80. The Morgan fingerprint density at radius 1 is 1.00 bits per heavy atom. The predicted octanol–water partition coefficient (Wildman–Crippen LogP) is 6.71. The van der Waals surface area contributed by atoms with Crippen molar-refractivity contribution in [3.8, 4) is 0 Å². The van der Waals surface area contributed by atoms with Crippen LogP contribution in [0.25, 0.3) is 0 Å². The van der Waals surface area contributed by atoms with E-state index < -0.39 is 12.6 Å². The molecule has 0 amide bonds. The molecule has 0 spiro atoms. The van der Waals surface area contributed by atoms with Crippen LogP contribution in [0.1, 0.15) is 31.2 Å². The van der Waals surface area contributed by atoms with Crippen LogP contribution in [0.2, 0.25) is 0 Å². The van der Waals surface area contributed by atoms with E-state index in [9.17, 15) is 17.6 Å². The van der Waals surface area contributed by atoms with Crippen LogP contribution in [-0.4, -0.2) is 53.8 Å². The maximum Gasteiger partial charge on any atom is 0.389 e. The second-order valence-electron chi connectivity index (χ2n) is 9.15. The monoisotopic (exact) mass is 550 g/mol. The largest absolute Gasteiger partial charge is 0.389 e. The standard InChI is InChI=1S/C17H15FN4S.C10H19F3N2/c1-11-2-3-13(10-15(11)18)20-16-8-9-19-17(22-16)21-12-4-6-14(23)7-5-12;1-14-9-3-7-15(8-4-9)6-2-5-10(11,12)13/h2-10,23H,1H3,(H2,19,20,21,22);9,14H,2-8H2,1H3. The molecule has 0 unspecified atom stereocenters. The van der Waals surface area contributed by atoms with Crippen LogP contribution in [0.5, 0.6) is 0 Å². The van der Waals surface area contributed by atoms with E-state index in [-0.39, 0.29) is 12.2 Å². The molecule has 1 aliphatic heterocycles. The van der Waals surface area contributed by atoms with Crippen LogP contribution < -0.4 is 16.0 Å². The maximum absolute atomic E-state index is 13.6. The SMILES string of the molecule is CNC1CCN(CCCC(F)(F)F)CC1.Cc1ccc(Nc2ccnc(Nc3ccc(S)cc3)n2)cc1F. The van der Waals surface area contributed by atoms with Gasteiger partial charge in [0.1, 0.15) is 11.6 Å². The Morgan fingerprint density at radius 2 is 1.68 bits per heavy atom. The highest BCUT2D eigenvalue weighted by atomic mass is 32.1.